The molecular formula is C25H26N6O4. The molecular weight excluding hydrogens is 448 g/mol. The largest absolute Gasteiger partial charge is 0.454 e. The van der Waals surface area contributed by atoms with Gasteiger partial charge in [-0.1, -0.05) is 18.2 Å². The zero-order chi connectivity index (χ0) is 23.7. The summed E-state index contributed by atoms with van der Waals surface area (Å²) in [6.07, 6.45) is 1.78. The van der Waals surface area contributed by atoms with Crippen LogP contribution in [0.3, 0.4) is 0 Å². The molecule has 2 amide bonds. The summed E-state index contributed by atoms with van der Waals surface area (Å²) in [6, 6.07) is 12.0. The fourth-order valence-electron chi connectivity index (χ4n) is 6.18. The number of amides is 2. The molecule has 10 heteroatoms. The highest BCUT2D eigenvalue weighted by Crippen LogP contribution is 2.52. The Morgan fingerprint density at radius 3 is 2.71 bits per heavy atom. The van der Waals surface area contributed by atoms with E-state index in [4.69, 9.17) is 9.47 Å². The molecule has 5 heterocycles. The van der Waals surface area contributed by atoms with Gasteiger partial charge in [0, 0.05) is 37.8 Å². The number of likely N-dealkylation sites (tertiary alicyclic amines) is 1. The summed E-state index contributed by atoms with van der Waals surface area (Å²) in [7, 11) is 0. The van der Waals surface area contributed by atoms with Crippen LogP contribution in [0.25, 0.3) is 0 Å². The van der Waals surface area contributed by atoms with Gasteiger partial charge in [-0.25, -0.2) is 5.53 Å². The monoisotopic (exact) mass is 474 g/mol. The maximum Gasteiger partial charge on any atom is 0.244 e. The van der Waals surface area contributed by atoms with Gasteiger partial charge in [-0.3, -0.25) is 14.6 Å². The molecule has 0 aliphatic carbocycles. The van der Waals surface area contributed by atoms with Crippen LogP contribution in [0.5, 0.6) is 11.5 Å². The number of para-hydroxylation sites is 1. The van der Waals surface area contributed by atoms with Crippen molar-refractivity contribution < 1.29 is 19.1 Å². The second-order valence-corrected chi connectivity index (χ2v) is 9.78. The van der Waals surface area contributed by atoms with Crippen molar-refractivity contribution in [2.24, 2.45) is 11.0 Å². The first kappa shape index (κ1) is 20.6. The summed E-state index contributed by atoms with van der Waals surface area (Å²) in [4.78, 5) is 30.1. The molecule has 0 bridgehead atoms. The van der Waals surface area contributed by atoms with Crippen molar-refractivity contribution in [3.63, 3.8) is 0 Å². The van der Waals surface area contributed by atoms with E-state index in [0.717, 1.165) is 54.1 Å². The van der Waals surface area contributed by atoms with Crippen LogP contribution in [0, 0.1) is 5.92 Å². The lowest BCUT2D eigenvalue weighted by atomic mass is 9.71. The van der Waals surface area contributed by atoms with E-state index in [2.05, 4.69) is 22.2 Å². The number of carbonyl (C=O) groups is 2. The number of hydrogen-bond acceptors (Lipinski definition) is 8. The number of hydrazine groups is 2. The number of piperidine rings is 1. The number of carbonyl (C=O) groups excluding carboxylic acids is 2. The van der Waals surface area contributed by atoms with Crippen molar-refractivity contribution in [3.8, 4) is 11.5 Å². The normalized spacial score (nSPS) is 24.3. The fraction of sp³-hybridized carbons (Fsp3) is 0.400. The van der Waals surface area contributed by atoms with Crippen LogP contribution in [-0.2, 0) is 15.0 Å². The third-order valence-electron chi connectivity index (χ3n) is 7.98. The lowest BCUT2D eigenvalue weighted by Crippen LogP contribution is -2.58. The molecule has 2 aromatic carbocycles. The third kappa shape index (κ3) is 2.83. The Hall–Kier alpha value is -3.79. The Kier molecular flexibility index (Phi) is 4.32. The van der Waals surface area contributed by atoms with Gasteiger partial charge in [0.1, 0.15) is 5.41 Å². The van der Waals surface area contributed by atoms with Gasteiger partial charge in [-0.05, 0) is 48.1 Å². The van der Waals surface area contributed by atoms with E-state index < -0.39 is 5.41 Å². The first-order valence-corrected chi connectivity index (χ1v) is 12.0. The SMILES string of the molecule is CC(=O)N1CCC(CN2C(=O)C3(CN4NNN=C4c4cc5c(cc43)OCO5)c3ccccc32)CC1. The van der Waals surface area contributed by atoms with Gasteiger partial charge in [-0.2, -0.15) is 0 Å². The molecule has 1 saturated heterocycles. The van der Waals surface area contributed by atoms with E-state index in [1.165, 1.54) is 0 Å². The molecule has 1 atom stereocenters. The predicted octanol–water partition coefficient (Wildman–Crippen LogP) is 1.31. The summed E-state index contributed by atoms with van der Waals surface area (Å²) >= 11 is 0. The van der Waals surface area contributed by atoms with E-state index in [9.17, 15) is 9.59 Å². The molecule has 0 aromatic heterocycles. The summed E-state index contributed by atoms with van der Waals surface area (Å²) in [6.45, 7) is 4.30. The quantitative estimate of drug-likeness (QED) is 0.677. The number of hydrogen-bond donors (Lipinski definition) is 2. The van der Waals surface area contributed by atoms with Crippen molar-refractivity contribution in [2.75, 3.05) is 37.9 Å². The van der Waals surface area contributed by atoms with E-state index >= 15 is 0 Å². The van der Waals surface area contributed by atoms with Crippen LogP contribution in [0.1, 0.15) is 36.5 Å². The molecule has 0 saturated carbocycles. The highest BCUT2D eigenvalue weighted by Gasteiger charge is 2.58. The van der Waals surface area contributed by atoms with Crippen LogP contribution >= 0.6 is 0 Å². The van der Waals surface area contributed by atoms with Crippen LogP contribution in [0.2, 0.25) is 0 Å². The van der Waals surface area contributed by atoms with E-state index in [1.807, 2.05) is 45.1 Å². The predicted molar refractivity (Wildman–Crippen MR) is 127 cm³/mol. The molecule has 1 spiro atoms. The average Bonchev–Trinajstić information content (AvgIpc) is 3.58. The molecule has 10 nitrogen and oxygen atoms in total. The lowest BCUT2D eigenvalue weighted by Gasteiger charge is -2.40. The number of rotatable bonds is 2. The maximum absolute atomic E-state index is 14.5. The Morgan fingerprint density at radius 1 is 1.14 bits per heavy atom. The van der Waals surface area contributed by atoms with Gasteiger partial charge < -0.3 is 19.3 Å². The third-order valence-corrected chi connectivity index (χ3v) is 7.98. The first-order chi connectivity index (χ1) is 17.1. The Bertz CT molecular complexity index is 1290. The number of ether oxygens (including phenoxy) is 2. The maximum atomic E-state index is 14.5. The number of amidine groups is 1. The smallest absolute Gasteiger partial charge is 0.244 e. The number of fused-ring (bicyclic) bond motifs is 7. The zero-order valence-corrected chi connectivity index (χ0v) is 19.4. The summed E-state index contributed by atoms with van der Waals surface area (Å²) in [5, 5.41) is 6.32. The van der Waals surface area contributed by atoms with Gasteiger partial charge in [0.2, 0.25) is 18.6 Å². The van der Waals surface area contributed by atoms with Crippen molar-refractivity contribution in [3.05, 3.63) is 53.1 Å². The first-order valence-electron chi connectivity index (χ1n) is 12.0. The second kappa shape index (κ2) is 7.35. The number of benzene rings is 2. The number of nitrogens with zero attached hydrogens (tertiary/aromatic N) is 4. The number of hydrazone groups is 1. The van der Waals surface area contributed by atoms with Gasteiger partial charge >= 0.3 is 0 Å². The van der Waals surface area contributed by atoms with Crippen LogP contribution in [0.15, 0.2) is 41.5 Å². The molecule has 1 fully saturated rings. The molecule has 2 N–H and O–H groups in total. The molecule has 5 aliphatic heterocycles. The minimum Gasteiger partial charge on any atom is -0.454 e. The van der Waals surface area contributed by atoms with Crippen molar-refractivity contribution in [1.82, 2.24) is 21.0 Å². The second-order valence-electron chi connectivity index (χ2n) is 9.78. The fourth-order valence-corrected chi connectivity index (χ4v) is 6.18. The van der Waals surface area contributed by atoms with E-state index in [-0.39, 0.29) is 18.6 Å². The zero-order valence-electron chi connectivity index (χ0n) is 19.4. The minimum absolute atomic E-state index is 0.0561. The minimum atomic E-state index is -0.912. The lowest BCUT2D eigenvalue weighted by molar-refractivity contribution is -0.130. The van der Waals surface area contributed by atoms with Gasteiger partial charge in [0.15, 0.2) is 17.3 Å². The van der Waals surface area contributed by atoms with E-state index in [1.54, 1.807) is 6.92 Å². The van der Waals surface area contributed by atoms with E-state index in [0.29, 0.717) is 30.5 Å². The van der Waals surface area contributed by atoms with Crippen molar-refractivity contribution in [1.29, 1.82) is 0 Å². The molecule has 5 aliphatic rings. The summed E-state index contributed by atoms with van der Waals surface area (Å²) < 4.78 is 11.4. The van der Waals surface area contributed by atoms with Crippen molar-refractivity contribution in [2.45, 2.75) is 25.2 Å². The van der Waals surface area contributed by atoms with Gasteiger partial charge in [0.25, 0.3) is 0 Å². The molecule has 2 aromatic rings. The average molecular weight is 475 g/mol. The van der Waals surface area contributed by atoms with Gasteiger partial charge in [0.05, 0.1) is 6.54 Å². The van der Waals surface area contributed by atoms with Crippen LogP contribution in [-0.4, -0.2) is 60.5 Å². The van der Waals surface area contributed by atoms with Crippen molar-refractivity contribution >= 4 is 23.3 Å². The van der Waals surface area contributed by atoms with Crippen LogP contribution < -0.4 is 25.4 Å². The summed E-state index contributed by atoms with van der Waals surface area (Å²) in [5.41, 5.74) is 8.67. The number of anilines is 1. The standard InChI is InChI=1S/C25H26N6O4/c1-15(32)29-8-6-16(7-9-29)12-30-20-5-3-2-4-18(20)25(24(30)33)13-31-23(26-27-28-31)17-10-21-22(11-19(17)25)35-14-34-21/h2-5,10-11,16,27-28H,6-9,12-14H2,1H3. The Morgan fingerprint density at radius 2 is 1.91 bits per heavy atom. The number of nitrogens with one attached hydrogen (secondary N) is 2. The molecule has 35 heavy (non-hydrogen) atoms. The topological polar surface area (TPSA) is 98.7 Å². The van der Waals surface area contributed by atoms with Gasteiger partial charge in [-0.15, -0.1) is 10.6 Å². The molecule has 7 rings (SSSR count). The molecule has 0 radical (unpaired) electrons. The van der Waals surface area contributed by atoms with Crippen LogP contribution in [0.4, 0.5) is 5.69 Å². The molecule has 1 unspecified atom stereocenters. The molecule has 180 valence electrons. The summed E-state index contributed by atoms with van der Waals surface area (Å²) in [5.74, 6) is 2.54. The highest BCUT2D eigenvalue weighted by atomic mass is 16.7. The Labute approximate surface area is 202 Å². The Balaban J connectivity index is 1.32. The highest BCUT2D eigenvalue weighted by molar-refractivity contribution is 6.15.